The average molecular weight is 306 g/mol. The van der Waals surface area contributed by atoms with Gasteiger partial charge in [0.05, 0.1) is 16.6 Å². The zero-order valence-electron chi connectivity index (χ0n) is 12.1. The lowest BCUT2D eigenvalue weighted by Crippen LogP contribution is -2.09. The maximum Gasteiger partial charge on any atom is 0.281 e. The molecule has 4 rings (SSSR count). The van der Waals surface area contributed by atoms with Gasteiger partial charge < -0.3 is 0 Å². The Kier molecular flexibility index (Phi) is 3.05. The third-order valence-corrected chi connectivity index (χ3v) is 4.76. The lowest BCUT2D eigenvalue weighted by atomic mass is 10.1. The van der Waals surface area contributed by atoms with Gasteiger partial charge in [-0.1, -0.05) is 43.3 Å². The minimum Gasteiger partial charge on any atom is -0.284 e. The Morgan fingerprint density at radius 2 is 1.86 bits per heavy atom. The molecule has 2 aromatic carbocycles. The van der Waals surface area contributed by atoms with Gasteiger partial charge in [0.15, 0.2) is 4.96 Å². The monoisotopic (exact) mass is 306 g/mol. The number of nitrogens with zero attached hydrogens (tertiary/aromatic N) is 2. The Balaban J connectivity index is 2.06. The van der Waals surface area contributed by atoms with Crippen molar-refractivity contribution in [2.75, 3.05) is 0 Å². The molecule has 0 saturated carbocycles. The fourth-order valence-electron chi connectivity index (χ4n) is 2.73. The number of fused-ring (bicyclic) bond motifs is 3. The van der Waals surface area contributed by atoms with Crippen LogP contribution in [0.3, 0.4) is 0 Å². The summed E-state index contributed by atoms with van der Waals surface area (Å²) in [5, 5.41) is 2.72. The molecule has 0 spiro atoms. The number of hydrogen-bond donors (Lipinski definition) is 0. The predicted octanol–water partition coefficient (Wildman–Crippen LogP) is 4.14. The van der Waals surface area contributed by atoms with Gasteiger partial charge in [0.25, 0.3) is 5.56 Å². The first-order valence-electron chi connectivity index (χ1n) is 7.26. The topological polar surface area (TPSA) is 34.4 Å². The SMILES string of the molecule is CCc1ccc(-c2csc3nc(=O)c4ccccc4n23)cc1. The van der Waals surface area contributed by atoms with Gasteiger partial charge in [-0.25, -0.2) is 0 Å². The molecule has 0 bridgehead atoms. The maximum absolute atomic E-state index is 12.1. The Bertz CT molecular complexity index is 1030. The Morgan fingerprint density at radius 1 is 1.09 bits per heavy atom. The van der Waals surface area contributed by atoms with Crippen LogP contribution in [0.25, 0.3) is 27.1 Å². The molecule has 0 fully saturated rings. The van der Waals surface area contributed by atoms with Crippen LogP contribution in [-0.4, -0.2) is 9.38 Å². The number of para-hydroxylation sites is 1. The van der Waals surface area contributed by atoms with E-state index in [9.17, 15) is 4.79 Å². The highest BCUT2D eigenvalue weighted by Gasteiger charge is 2.11. The first-order chi connectivity index (χ1) is 10.8. The molecule has 0 aliphatic rings. The van der Waals surface area contributed by atoms with Gasteiger partial charge in [0, 0.05) is 5.38 Å². The van der Waals surface area contributed by atoms with Gasteiger partial charge in [-0.2, -0.15) is 4.98 Å². The van der Waals surface area contributed by atoms with Gasteiger partial charge in [0.1, 0.15) is 0 Å². The van der Waals surface area contributed by atoms with Gasteiger partial charge in [-0.3, -0.25) is 9.20 Å². The Hall–Kier alpha value is -2.46. The van der Waals surface area contributed by atoms with Crippen LogP contribution in [0.15, 0.2) is 58.7 Å². The standard InChI is InChI=1S/C18H14N2OS/c1-2-12-7-9-13(10-8-12)16-11-22-18-19-17(21)14-5-3-4-6-15(14)20(16)18/h3-11H,2H2,1H3. The van der Waals surface area contributed by atoms with E-state index in [0.29, 0.717) is 5.39 Å². The maximum atomic E-state index is 12.1. The molecule has 4 heteroatoms. The van der Waals surface area contributed by atoms with Crippen LogP contribution in [0.5, 0.6) is 0 Å². The second-order valence-corrected chi connectivity index (χ2v) is 6.06. The summed E-state index contributed by atoms with van der Waals surface area (Å²) in [6, 6.07) is 16.2. The van der Waals surface area contributed by atoms with E-state index in [2.05, 4.69) is 46.0 Å². The van der Waals surface area contributed by atoms with Crippen LogP contribution in [0.2, 0.25) is 0 Å². The molecule has 2 heterocycles. The highest BCUT2D eigenvalue weighted by molar-refractivity contribution is 7.15. The minimum atomic E-state index is -0.162. The molecule has 2 aromatic heterocycles. The molecule has 0 radical (unpaired) electrons. The highest BCUT2D eigenvalue weighted by atomic mass is 32.1. The summed E-state index contributed by atoms with van der Waals surface area (Å²) < 4.78 is 2.07. The molecule has 0 aliphatic carbocycles. The number of rotatable bonds is 2. The molecule has 0 saturated heterocycles. The molecule has 0 amide bonds. The summed E-state index contributed by atoms with van der Waals surface area (Å²) in [7, 11) is 0. The van der Waals surface area contributed by atoms with E-state index >= 15 is 0 Å². The lowest BCUT2D eigenvalue weighted by Gasteiger charge is -2.06. The molecule has 0 unspecified atom stereocenters. The van der Waals surface area contributed by atoms with Crippen molar-refractivity contribution in [1.82, 2.24) is 9.38 Å². The largest absolute Gasteiger partial charge is 0.284 e. The normalized spacial score (nSPS) is 11.3. The number of thiazole rings is 1. The number of aryl methyl sites for hydroxylation is 1. The van der Waals surface area contributed by atoms with Gasteiger partial charge in [0.2, 0.25) is 0 Å². The van der Waals surface area contributed by atoms with Crippen LogP contribution in [0, 0.1) is 0 Å². The molecular formula is C18H14N2OS. The molecular weight excluding hydrogens is 292 g/mol. The Labute approximate surface area is 131 Å². The fraction of sp³-hybridized carbons (Fsp3) is 0.111. The summed E-state index contributed by atoms with van der Waals surface area (Å²) in [6.45, 7) is 2.15. The summed E-state index contributed by atoms with van der Waals surface area (Å²) in [6.07, 6.45) is 1.03. The molecule has 22 heavy (non-hydrogen) atoms. The quantitative estimate of drug-likeness (QED) is 0.558. The van der Waals surface area contributed by atoms with E-state index in [4.69, 9.17) is 0 Å². The smallest absolute Gasteiger partial charge is 0.281 e. The van der Waals surface area contributed by atoms with Crippen LogP contribution >= 0.6 is 11.3 Å². The third-order valence-electron chi connectivity index (χ3n) is 3.94. The van der Waals surface area contributed by atoms with E-state index in [1.54, 1.807) is 0 Å². The van der Waals surface area contributed by atoms with E-state index < -0.39 is 0 Å². The van der Waals surface area contributed by atoms with Crippen LogP contribution < -0.4 is 5.56 Å². The van der Waals surface area contributed by atoms with Crippen molar-refractivity contribution in [2.24, 2.45) is 0 Å². The summed E-state index contributed by atoms with van der Waals surface area (Å²) in [4.78, 5) is 17.0. The number of aromatic nitrogens is 2. The van der Waals surface area contributed by atoms with Crippen molar-refractivity contribution < 1.29 is 0 Å². The van der Waals surface area contributed by atoms with Crippen molar-refractivity contribution in [2.45, 2.75) is 13.3 Å². The Morgan fingerprint density at radius 3 is 2.64 bits per heavy atom. The molecule has 0 atom stereocenters. The second kappa shape index (κ2) is 5.07. The second-order valence-electron chi connectivity index (χ2n) is 5.22. The first-order valence-corrected chi connectivity index (χ1v) is 8.14. The molecule has 0 N–H and O–H groups in total. The number of benzene rings is 2. The van der Waals surface area contributed by atoms with Crippen molar-refractivity contribution in [3.63, 3.8) is 0 Å². The van der Waals surface area contributed by atoms with Crippen molar-refractivity contribution in [1.29, 1.82) is 0 Å². The third kappa shape index (κ3) is 1.96. The average Bonchev–Trinajstić information content (AvgIpc) is 2.99. The van der Waals surface area contributed by atoms with E-state index in [-0.39, 0.29) is 5.56 Å². The summed E-state index contributed by atoms with van der Waals surface area (Å²) in [5.74, 6) is 0. The van der Waals surface area contributed by atoms with Crippen LogP contribution in [-0.2, 0) is 6.42 Å². The van der Waals surface area contributed by atoms with Gasteiger partial charge >= 0.3 is 0 Å². The molecule has 4 aromatic rings. The zero-order chi connectivity index (χ0) is 15.1. The van der Waals surface area contributed by atoms with Crippen molar-refractivity contribution >= 4 is 27.2 Å². The molecule has 3 nitrogen and oxygen atoms in total. The number of hydrogen-bond acceptors (Lipinski definition) is 3. The molecule has 108 valence electrons. The van der Waals surface area contributed by atoms with Gasteiger partial charge in [-0.15, -0.1) is 11.3 Å². The van der Waals surface area contributed by atoms with E-state index in [1.807, 2.05) is 24.3 Å². The van der Waals surface area contributed by atoms with E-state index in [0.717, 1.165) is 28.2 Å². The van der Waals surface area contributed by atoms with Crippen molar-refractivity contribution in [3.8, 4) is 11.3 Å². The zero-order valence-corrected chi connectivity index (χ0v) is 12.9. The highest BCUT2D eigenvalue weighted by Crippen LogP contribution is 2.28. The first kappa shape index (κ1) is 13.2. The lowest BCUT2D eigenvalue weighted by molar-refractivity contribution is 1.14. The van der Waals surface area contributed by atoms with Crippen molar-refractivity contribution in [3.05, 3.63) is 69.8 Å². The van der Waals surface area contributed by atoms with E-state index in [1.165, 1.54) is 16.9 Å². The van der Waals surface area contributed by atoms with Crippen LogP contribution in [0.4, 0.5) is 0 Å². The van der Waals surface area contributed by atoms with Crippen LogP contribution in [0.1, 0.15) is 12.5 Å². The predicted molar refractivity (Wildman–Crippen MR) is 91.7 cm³/mol. The summed E-state index contributed by atoms with van der Waals surface area (Å²) >= 11 is 1.50. The minimum absolute atomic E-state index is 0.162. The fourth-order valence-corrected chi connectivity index (χ4v) is 3.63. The molecule has 0 aliphatic heterocycles. The van der Waals surface area contributed by atoms with Gasteiger partial charge in [-0.05, 0) is 29.7 Å². The summed E-state index contributed by atoms with van der Waals surface area (Å²) in [5.41, 5.74) is 4.28.